The Labute approximate surface area is 171 Å². The van der Waals surface area contributed by atoms with E-state index < -0.39 is 0 Å². The summed E-state index contributed by atoms with van der Waals surface area (Å²) in [6, 6.07) is 15.9. The lowest BCUT2D eigenvalue weighted by Crippen LogP contribution is -2.36. The van der Waals surface area contributed by atoms with Gasteiger partial charge in [0.1, 0.15) is 0 Å². The minimum absolute atomic E-state index is 0.0244. The van der Waals surface area contributed by atoms with Crippen molar-refractivity contribution >= 4 is 28.4 Å². The normalized spacial score (nSPS) is 13.6. The van der Waals surface area contributed by atoms with Gasteiger partial charge in [-0.25, -0.2) is 0 Å². The van der Waals surface area contributed by atoms with E-state index >= 15 is 0 Å². The van der Waals surface area contributed by atoms with Crippen LogP contribution in [0.4, 0.5) is 0 Å². The summed E-state index contributed by atoms with van der Waals surface area (Å²) in [6.07, 6.45) is 4.28. The lowest BCUT2D eigenvalue weighted by atomic mass is 9.94. The molecule has 0 saturated heterocycles. The van der Waals surface area contributed by atoms with Gasteiger partial charge in [-0.2, -0.15) is 0 Å². The number of halogens is 1. The Morgan fingerprint density at radius 1 is 1.11 bits per heavy atom. The fourth-order valence-electron chi connectivity index (χ4n) is 3.93. The van der Waals surface area contributed by atoms with Crippen molar-refractivity contribution in [2.24, 2.45) is 0 Å². The molecular formula is C24H25ClN2O. The number of benzene rings is 2. The Balaban J connectivity index is 1.69. The van der Waals surface area contributed by atoms with Crippen LogP contribution in [0.2, 0.25) is 5.02 Å². The summed E-state index contributed by atoms with van der Waals surface area (Å²) < 4.78 is 0. The summed E-state index contributed by atoms with van der Waals surface area (Å²) in [7, 11) is 0. The molecule has 0 unspecified atom stereocenters. The predicted octanol–water partition coefficient (Wildman–Crippen LogP) is 5.82. The zero-order valence-corrected chi connectivity index (χ0v) is 17.2. The molecule has 0 spiro atoms. The molecule has 1 heterocycles. The molecule has 1 aromatic heterocycles. The van der Waals surface area contributed by atoms with Gasteiger partial charge in [-0.15, -0.1) is 0 Å². The number of pyridine rings is 1. The largest absolute Gasteiger partial charge is 0.332 e. The highest BCUT2D eigenvalue weighted by atomic mass is 35.5. The first kappa shape index (κ1) is 18.9. The molecule has 28 heavy (non-hydrogen) atoms. The number of rotatable bonds is 4. The molecule has 0 fully saturated rings. The van der Waals surface area contributed by atoms with E-state index in [0.29, 0.717) is 12.1 Å². The SMILES string of the molecule is CC(C)N(Cc1ccccc1)C(=O)c1ccc2c(Cl)c3c(nc2c1)CCCC3. The highest BCUT2D eigenvalue weighted by Gasteiger charge is 2.21. The van der Waals surface area contributed by atoms with E-state index in [1.54, 1.807) is 0 Å². The fourth-order valence-corrected chi connectivity index (χ4v) is 4.30. The summed E-state index contributed by atoms with van der Waals surface area (Å²) in [6.45, 7) is 4.69. The van der Waals surface area contributed by atoms with E-state index in [0.717, 1.165) is 46.4 Å². The van der Waals surface area contributed by atoms with Gasteiger partial charge in [-0.05, 0) is 62.8 Å². The topological polar surface area (TPSA) is 33.2 Å². The maximum absolute atomic E-state index is 13.3. The number of nitrogens with zero attached hydrogens (tertiary/aromatic N) is 2. The summed E-state index contributed by atoms with van der Waals surface area (Å²) in [4.78, 5) is 20.0. The highest BCUT2D eigenvalue weighted by molar-refractivity contribution is 6.36. The van der Waals surface area contributed by atoms with Crippen LogP contribution in [0.15, 0.2) is 48.5 Å². The third-order valence-corrected chi connectivity index (χ3v) is 5.95. The van der Waals surface area contributed by atoms with Crippen molar-refractivity contribution in [3.8, 4) is 0 Å². The minimum Gasteiger partial charge on any atom is -0.332 e. The Bertz CT molecular complexity index is 1010. The van der Waals surface area contributed by atoms with Crippen molar-refractivity contribution in [3.63, 3.8) is 0 Å². The molecule has 0 aliphatic heterocycles. The molecular weight excluding hydrogens is 368 g/mol. The molecule has 1 amide bonds. The Morgan fingerprint density at radius 2 is 1.86 bits per heavy atom. The van der Waals surface area contributed by atoms with E-state index in [4.69, 9.17) is 16.6 Å². The predicted molar refractivity (Wildman–Crippen MR) is 115 cm³/mol. The van der Waals surface area contributed by atoms with Gasteiger partial charge in [0.2, 0.25) is 0 Å². The fraction of sp³-hybridized carbons (Fsp3) is 0.333. The molecule has 4 heteroatoms. The molecule has 0 radical (unpaired) electrons. The van der Waals surface area contributed by atoms with E-state index in [1.807, 2.05) is 55.1 Å². The summed E-state index contributed by atoms with van der Waals surface area (Å²) >= 11 is 6.68. The summed E-state index contributed by atoms with van der Waals surface area (Å²) in [5.41, 5.74) is 4.89. The van der Waals surface area contributed by atoms with Crippen LogP contribution >= 0.6 is 11.6 Å². The zero-order chi connectivity index (χ0) is 19.7. The number of aromatic nitrogens is 1. The van der Waals surface area contributed by atoms with Crippen LogP contribution in [0.25, 0.3) is 10.9 Å². The molecule has 3 nitrogen and oxygen atoms in total. The number of amides is 1. The number of hydrogen-bond acceptors (Lipinski definition) is 2. The lowest BCUT2D eigenvalue weighted by molar-refractivity contribution is 0.0690. The molecule has 3 aromatic rings. The minimum atomic E-state index is 0.0244. The van der Waals surface area contributed by atoms with E-state index in [-0.39, 0.29) is 11.9 Å². The average Bonchev–Trinajstić information content (AvgIpc) is 2.72. The third-order valence-electron chi connectivity index (χ3n) is 5.52. The highest BCUT2D eigenvalue weighted by Crippen LogP contribution is 2.33. The molecule has 2 aromatic carbocycles. The van der Waals surface area contributed by atoms with Gasteiger partial charge in [0, 0.05) is 29.2 Å². The molecule has 0 atom stereocenters. The quantitative estimate of drug-likeness (QED) is 0.560. The monoisotopic (exact) mass is 392 g/mol. The van der Waals surface area contributed by atoms with Gasteiger partial charge < -0.3 is 4.90 Å². The lowest BCUT2D eigenvalue weighted by Gasteiger charge is -2.27. The molecule has 0 bridgehead atoms. The molecule has 1 aliphatic rings. The first-order valence-electron chi connectivity index (χ1n) is 10.0. The average molecular weight is 393 g/mol. The van der Waals surface area contributed by atoms with Crippen LogP contribution < -0.4 is 0 Å². The van der Waals surface area contributed by atoms with E-state index in [9.17, 15) is 4.79 Å². The van der Waals surface area contributed by atoms with Crippen LogP contribution in [-0.4, -0.2) is 21.8 Å². The van der Waals surface area contributed by atoms with Crippen molar-refractivity contribution in [2.75, 3.05) is 0 Å². The number of fused-ring (bicyclic) bond motifs is 2. The van der Waals surface area contributed by atoms with Crippen molar-refractivity contribution < 1.29 is 4.79 Å². The number of carbonyl (C=O) groups is 1. The maximum atomic E-state index is 13.3. The van der Waals surface area contributed by atoms with Crippen LogP contribution in [0.5, 0.6) is 0 Å². The third kappa shape index (κ3) is 3.64. The molecule has 0 N–H and O–H groups in total. The molecule has 0 saturated carbocycles. The van der Waals surface area contributed by atoms with Gasteiger partial charge in [-0.1, -0.05) is 48.0 Å². The van der Waals surface area contributed by atoms with Gasteiger partial charge in [0.15, 0.2) is 0 Å². The standard InChI is InChI=1S/C24H25ClN2O/c1-16(2)27(15-17-8-4-3-5-9-17)24(28)18-12-13-20-22(14-18)26-21-11-7-6-10-19(21)23(20)25/h3-5,8-9,12-14,16H,6-7,10-11,15H2,1-2H3. The first-order chi connectivity index (χ1) is 13.5. The second-order valence-electron chi connectivity index (χ2n) is 7.80. The van der Waals surface area contributed by atoms with Crippen LogP contribution in [0, 0.1) is 0 Å². The van der Waals surface area contributed by atoms with E-state index in [2.05, 4.69) is 12.1 Å². The molecule has 1 aliphatic carbocycles. The number of aryl methyl sites for hydroxylation is 1. The van der Waals surface area contributed by atoms with Crippen molar-refractivity contribution in [1.29, 1.82) is 0 Å². The van der Waals surface area contributed by atoms with Gasteiger partial charge in [0.05, 0.1) is 10.5 Å². The second kappa shape index (κ2) is 7.92. The van der Waals surface area contributed by atoms with Crippen LogP contribution in [0.1, 0.15) is 53.9 Å². The van der Waals surface area contributed by atoms with Crippen molar-refractivity contribution in [1.82, 2.24) is 9.88 Å². The molecule has 144 valence electrons. The van der Waals surface area contributed by atoms with Gasteiger partial charge in [0.25, 0.3) is 5.91 Å². The van der Waals surface area contributed by atoms with Crippen LogP contribution in [-0.2, 0) is 19.4 Å². The number of hydrogen-bond donors (Lipinski definition) is 0. The zero-order valence-electron chi connectivity index (χ0n) is 16.4. The first-order valence-corrected chi connectivity index (χ1v) is 10.4. The Morgan fingerprint density at radius 3 is 2.61 bits per heavy atom. The van der Waals surface area contributed by atoms with Gasteiger partial charge in [-0.3, -0.25) is 9.78 Å². The smallest absolute Gasteiger partial charge is 0.254 e. The van der Waals surface area contributed by atoms with E-state index in [1.165, 1.54) is 12.0 Å². The second-order valence-corrected chi connectivity index (χ2v) is 8.18. The molecule has 4 rings (SSSR count). The Kier molecular flexibility index (Phi) is 5.36. The summed E-state index contributed by atoms with van der Waals surface area (Å²) in [5, 5.41) is 1.75. The van der Waals surface area contributed by atoms with Crippen LogP contribution in [0.3, 0.4) is 0 Å². The van der Waals surface area contributed by atoms with Gasteiger partial charge >= 0.3 is 0 Å². The van der Waals surface area contributed by atoms with Crippen molar-refractivity contribution in [3.05, 3.63) is 75.9 Å². The summed E-state index contributed by atoms with van der Waals surface area (Å²) in [5.74, 6) is 0.0244. The van der Waals surface area contributed by atoms with Crippen molar-refractivity contribution in [2.45, 2.75) is 52.1 Å². The Hall–Kier alpha value is -2.39. The maximum Gasteiger partial charge on any atom is 0.254 e. The number of carbonyl (C=O) groups excluding carboxylic acids is 1.